The third kappa shape index (κ3) is 3.94. The van der Waals surface area contributed by atoms with Gasteiger partial charge in [-0.2, -0.15) is 5.26 Å². The predicted molar refractivity (Wildman–Crippen MR) is 70.9 cm³/mol. The number of rotatable bonds is 5. The molecular formula is C13H15ClN2O2. The van der Waals surface area contributed by atoms with Crippen molar-refractivity contribution in [3.63, 3.8) is 0 Å². The van der Waals surface area contributed by atoms with E-state index in [1.54, 1.807) is 23.1 Å². The highest BCUT2D eigenvalue weighted by Gasteiger charge is 2.13. The molecule has 96 valence electrons. The second kappa shape index (κ2) is 6.27. The number of benzene rings is 1. The van der Waals surface area contributed by atoms with E-state index in [2.05, 4.69) is 0 Å². The van der Waals surface area contributed by atoms with Crippen LogP contribution in [0.25, 0.3) is 0 Å². The SMILES string of the molecule is CC(C)CN(CC(=O)O)c1ccc(C#N)c(Cl)c1. The maximum Gasteiger partial charge on any atom is 0.323 e. The summed E-state index contributed by atoms with van der Waals surface area (Å²) in [6.45, 7) is 4.56. The number of aliphatic carboxylic acids is 1. The van der Waals surface area contributed by atoms with Gasteiger partial charge in [-0.3, -0.25) is 4.79 Å². The summed E-state index contributed by atoms with van der Waals surface area (Å²) in [6, 6.07) is 6.93. The molecule has 0 aliphatic rings. The first-order valence-corrected chi connectivity index (χ1v) is 5.98. The topological polar surface area (TPSA) is 64.3 Å². The molecule has 5 heteroatoms. The Morgan fingerprint density at radius 2 is 2.22 bits per heavy atom. The van der Waals surface area contributed by atoms with E-state index in [0.717, 1.165) is 5.69 Å². The lowest BCUT2D eigenvalue weighted by atomic mass is 10.1. The van der Waals surface area contributed by atoms with Crippen molar-refractivity contribution in [2.45, 2.75) is 13.8 Å². The number of carbonyl (C=O) groups is 1. The summed E-state index contributed by atoms with van der Waals surface area (Å²) in [7, 11) is 0. The Kier molecular flexibility index (Phi) is 4.99. The smallest absolute Gasteiger partial charge is 0.323 e. The van der Waals surface area contributed by atoms with Crippen molar-refractivity contribution in [3.05, 3.63) is 28.8 Å². The van der Waals surface area contributed by atoms with Crippen LogP contribution in [0.3, 0.4) is 0 Å². The molecular weight excluding hydrogens is 252 g/mol. The Morgan fingerprint density at radius 3 is 2.67 bits per heavy atom. The van der Waals surface area contributed by atoms with E-state index >= 15 is 0 Å². The van der Waals surface area contributed by atoms with Gasteiger partial charge in [0.15, 0.2) is 0 Å². The van der Waals surface area contributed by atoms with E-state index in [0.29, 0.717) is 23.0 Å². The molecule has 0 spiro atoms. The van der Waals surface area contributed by atoms with Crippen LogP contribution >= 0.6 is 11.6 Å². The minimum absolute atomic E-state index is 0.0829. The van der Waals surface area contributed by atoms with Crippen molar-refractivity contribution < 1.29 is 9.90 Å². The van der Waals surface area contributed by atoms with Crippen LogP contribution in [0.2, 0.25) is 5.02 Å². The Labute approximate surface area is 111 Å². The largest absolute Gasteiger partial charge is 0.480 e. The summed E-state index contributed by atoms with van der Waals surface area (Å²) in [5.74, 6) is -0.560. The first-order valence-electron chi connectivity index (χ1n) is 5.60. The van der Waals surface area contributed by atoms with Gasteiger partial charge >= 0.3 is 5.97 Å². The summed E-state index contributed by atoms with van der Waals surface area (Å²) >= 11 is 5.95. The molecule has 0 atom stereocenters. The molecule has 0 saturated carbocycles. The monoisotopic (exact) mass is 266 g/mol. The zero-order valence-electron chi connectivity index (χ0n) is 10.4. The molecule has 1 aromatic carbocycles. The molecule has 0 radical (unpaired) electrons. The van der Waals surface area contributed by atoms with Gasteiger partial charge in [0.2, 0.25) is 0 Å². The highest BCUT2D eigenvalue weighted by molar-refractivity contribution is 6.32. The Hall–Kier alpha value is -1.73. The number of anilines is 1. The van der Waals surface area contributed by atoms with E-state index in [1.807, 2.05) is 19.9 Å². The lowest BCUT2D eigenvalue weighted by molar-refractivity contribution is -0.135. The number of nitrogens with zero attached hydrogens (tertiary/aromatic N) is 2. The fourth-order valence-electron chi connectivity index (χ4n) is 1.66. The van der Waals surface area contributed by atoms with Gasteiger partial charge in [-0.25, -0.2) is 0 Å². The third-order valence-electron chi connectivity index (χ3n) is 2.35. The second-order valence-electron chi connectivity index (χ2n) is 4.44. The first kappa shape index (κ1) is 14.3. The Balaban J connectivity index is 3.01. The normalized spacial score (nSPS) is 10.2. The van der Waals surface area contributed by atoms with Crippen LogP contribution in [0.1, 0.15) is 19.4 Å². The first-order chi connectivity index (χ1) is 8.43. The van der Waals surface area contributed by atoms with Gasteiger partial charge < -0.3 is 10.0 Å². The molecule has 0 amide bonds. The lowest BCUT2D eigenvalue weighted by Gasteiger charge is -2.25. The van der Waals surface area contributed by atoms with Crippen molar-refractivity contribution in [2.75, 3.05) is 18.0 Å². The number of hydrogen-bond acceptors (Lipinski definition) is 3. The zero-order valence-corrected chi connectivity index (χ0v) is 11.1. The number of nitriles is 1. The molecule has 0 heterocycles. The average Bonchev–Trinajstić information content (AvgIpc) is 2.26. The number of carboxylic acids is 1. The van der Waals surface area contributed by atoms with E-state index < -0.39 is 5.97 Å². The summed E-state index contributed by atoms with van der Waals surface area (Å²) in [6.07, 6.45) is 0. The minimum atomic E-state index is -0.892. The van der Waals surface area contributed by atoms with Crippen LogP contribution in [0.4, 0.5) is 5.69 Å². The van der Waals surface area contributed by atoms with Crippen molar-refractivity contribution in [1.82, 2.24) is 0 Å². The van der Waals surface area contributed by atoms with Crippen molar-refractivity contribution in [3.8, 4) is 6.07 Å². The van der Waals surface area contributed by atoms with Crippen LogP contribution < -0.4 is 4.90 Å². The molecule has 0 aliphatic heterocycles. The Bertz CT molecular complexity index is 480. The van der Waals surface area contributed by atoms with Crippen LogP contribution in [-0.2, 0) is 4.79 Å². The zero-order chi connectivity index (χ0) is 13.7. The minimum Gasteiger partial charge on any atom is -0.480 e. The quantitative estimate of drug-likeness (QED) is 0.890. The molecule has 0 bridgehead atoms. The van der Waals surface area contributed by atoms with Gasteiger partial charge in [0.1, 0.15) is 12.6 Å². The summed E-state index contributed by atoms with van der Waals surface area (Å²) in [4.78, 5) is 12.6. The van der Waals surface area contributed by atoms with Crippen molar-refractivity contribution in [2.24, 2.45) is 5.92 Å². The van der Waals surface area contributed by atoms with E-state index in [9.17, 15) is 4.79 Å². The van der Waals surface area contributed by atoms with E-state index in [1.165, 1.54) is 0 Å². The van der Waals surface area contributed by atoms with E-state index in [4.69, 9.17) is 22.0 Å². The molecule has 0 saturated heterocycles. The van der Waals surface area contributed by atoms with E-state index in [-0.39, 0.29) is 6.54 Å². The van der Waals surface area contributed by atoms with Gasteiger partial charge in [-0.1, -0.05) is 25.4 Å². The Morgan fingerprint density at radius 1 is 1.56 bits per heavy atom. The summed E-state index contributed by atoms with van der Waals surface area (Å²) < 4.78 is 0. The third-order valence-corrected chi connectivity index (χ3v) is 2.66. The van der Waals surface area contributed by atoms with Gasteiger partial charge in [-0.15, -0.1) is 0 Å². The van der Waals surface area contributed by atoms with Gasteiger partial charge in [0.25, 0.3) is 0 Å². The molecule has 18 heavy (non-hydrogen) atoms. The lowest BCUT2D eigenvalue weighted by Crippen LogP contribution is -2.32. The number of carboxylic acid groups (broad SMARTS) is 1. The van der Waals surface area contributed by atoms with Gasteiger partial charge in [0, 0.05) is 12.2 Å². The van der Waals surface area contributed by atoms with Crippen LogP contribution in [0.15, 0.2) is 18.2 Å². The standard InChI is InChI=1S/C13H15ClN2O2/c1-9(2)7-16(8-13(17)18)11-4-3-10(6-15)12(14)5-11/h3-5,9H,7-8H2,1-2H3,(H,17,18). The second-order valence-corrected chi connectivity index (χ2v) is 4.85. The fraction of sp³-hybridized carbons (Fsp3) is 0.385. The predicted octanol–water partition coefficient (Wildman–Crippen LogP) is 2.76. The molecule has 0 aromatic heterocycles. The van der Waals surface area contributed by atoms with Crippen LogP contribution in [0.5, 0.6) is 0 Å². The summed E-state index contributed by atoms with van der Waals surface area (Å²) in [5.41, 5.74) is 1.11. The highest BCUT2D eigenvalue weighted by atomic mass is 35.5. The number of hydrogen-bond donors (Lipinski definition) is 1. The molecule has 1 N–H and O–H groups in total. The maximum atomic E-state index is 10.8. The fourth-order valence-corrected chi connectivity index (χ4v) is 1.87. The molecule has 0 fully saturated rings. The van der Waals surface area contributed by atoms with Gasteiger partial charge in [0.05, 0.1) is 10.6 Å². The average molecular weight is 267 g/mol. The molecule has 4 nitrogen and oxygen atoms in total. The molecule has 1 aromatic rings. The van der Waals surface area contributed by atoms with Crippen molar-refractivity contribution in [1.29, 1.82) is 5.26 Å². The molecule has 0 unspecified atom stereocenters. The molecule has 1 rings (SSSR count). The number of halogens is 1. The van der Waals surface area contributed by atoms with Crippen LogP contribution in [0, 0.1) is 17.2 Å². The highest BCUT2D eigenvalue weighted by Crippen LogP contribution is 2.23. The molecule has 0 aliphatic carbocycles. The van der Waals surface area contributed by atoms with Crippen molar-refractivity contribution >= 4 is 23.3 Å². The van der Waals surface area contributed by atoms with Gasteiger partial charge in [-0.05, 0) is 24.1 Å². The maximum absolute atomic E-state index is 10.8. The summed E-state index contributed by atoms with van der Waals surface area (Å²) in [5, 5.41) is 18.0. The van der Waals surface area contributed by atoms with Crippen LogP contribution in [-0.4, -0.2) is 24.2 Å².